The van der Waals surface area contributed by atoms with Crippen molar-refractivity contribution in [3.05, 3.63) is 34.2 Å². The lowest BCUT2D eigenvalue weighted by atomic mass is 10.1. The molecule has 0 spiro atoms. The van der Waals surface area contributed by atoms with E-state index < -0.39 is 0 Å². The van der Waals surface area contributed by atoms with Crippen LogP contribution in [0.15, 0.2) is 0 Å². The predicted molar refractivity (Wildman–Crippen MR) is 120 cm³/mol. The Balaban J connectivity index is 1.90. The fourth-order valence-corrected chi connectivity index (χ4v) is 3.66. The van der Waals surface area contributed by atoms with Crippen LogP contribution < -0.4 is 0 Å². The molecule has 0 radical (unpaired) electrons. The Hall–Kier alpha value is -7.14. The third-order valence-corrected chi connectivity index (χ3v) is 5.24. The number of aromatic nitrogens is 10. The first-order valence-electron chi connectivity index (χ1n) is 10.1. The standard InChI is InChI=1S/C22N16/c23-1-7-8(2-24)30-14-13(29-7)15-17(37-21-19(35-15)31-9(3-25)11(5-27)33-21)18-16(14)36-20-22(38-18)34-12(6-28)10(4-26)32-20. The lowest BCUT2D eigenvalue weighted by molar-refractivity contribution is 1.13. The predicted octanol–water partition coefficient (Wildman–Crippen LogP) is 0.633. The normalized spacial score (nSPS) is 10.5. The van der Waals surface area contributed by atoms with Crippen LogP contribution >= 0.6 is 0 Å². The van der Waals surface area contributed by atoms with Crippen LogP contribution in [-0.4, -0.2) is 49.8 Å². The van der Waals surface area contributed by atoms with Crippen LogP contribution in [0.3, 0.4) is 0 Å². The van der Waals surface area contributed by atoms with E-state index in [0.29, 0.717) is 0 Å². The van der Waals surface area contributed by atoms with Crippen molar-refractivity contribution in [2.24, 2.45) is 0 Å². The molecule has 16 heteroatoms. The highest BCUT2D eigenvalue weighted by atomic mass is 15.0. The molecule has 0 aliphatic carbocycles. The Bertz CT molecular complexity index is 2200. The van der Waals surface area contributed by atoms with Crippen LogP contribution in [0, 0.1) is 68.0 Å². The number of nitriles is 6. The summed E-state index contributed by atoms with van der Waals surface area (Å²) in [6.07, 6.45) is 0. The summed E-state index contributed by atoms with van der Waals surface area (Å²) in [6, 6.07) is 10.7. The average molecular weight is 488 g/mol. The maximum atomic E-state index is 9.51. The third-order valence-electron chi connectivity index (χ3n) is 5.24. The van der Waals surface area contributed by atoms with Gasteiger partial charge in [0.25, 0.3) is 0 Å². The van der Waals surface area contributed by atoms with E-state index in [1.807, 2.05) is 0 Å². The van der Waals surface area contributed by atoms with Gasteiger partial charge in [-0.2, -0.15) is 31.6 Å². The van der Waals surface area contributed by atoms with Gasteiger partial charge >= 0.3 is 0 Å². The lowest BCUT2D eigenvalue weighted by Crippen LogP contribution is -2.05. The zero-order valence-corrected chi connectivity index (χ0v) is 18.2. The molecule has 0 fully saturated rings. The molecule has 0 atom stereocenters. The Morgan fingerprint density at radius 1 is 0.263 bits per heavy atom. The maximum Gasteiger partial charge on any atom is 0.199 e. The van der Waals surface area contributed by atoms with Crippen molar-refractivity contribution in [2.75, 3.05) is 0 Å². The minimum atomic E-state index is -0.287. The molecule has 0 saturated carbocycles. The monoisotopic (exact) mass is 488 g/mol. The quantitative estimate of drug-likeness (QED) is 0.209. The molecule has 5 aromatic heterocycles. The van der Waals surface area contributed by atoms with Crippen LogP contribution in [0.2, 0.25) is 0 Å². The van der Waals surface area contributed by atoms with Gasteiger partial charge < -0.3 is 0 Å². The van der Waals surface area contributed by atoms with Crippen molar-refractivity contribution in [3.63, 3.8) is 0 Å². The first-order valence-corrected chi connectivity index (χ1v) is 10.1. The van der Waals surface area contributed by atoms with Crippen molar-refractivity contribution < 1.29 is 0 Å². The molecule has 16 nitrogen and oxygen atoms in total. The summed E-state index contributed by atoms with van der Waals surface area (Å²) in [5.41, 5.74) is -1.86. The van der Waals surface area contributed by atoms with Crippen molar-refractivity contribution in [3.8, 4) is 36.4 Å². The van der Waals surface area contributed by atoms with Gasteiger partial charge in [-0.05, 0) is 0 Å². The molecule has 0 amide bonds. The van der Waals surface area contributed by atoms with Crippen molar-refractivity contribution in [1.29, 1.82) is 31.6 Å². The summed E-state index contributed by atoms with van der Waals surface area (Å²) in [4.78, 5) is 42.5. The van der Waals surface area contributed by atoms with Gasteiger partial charge in [0, 0.05) is 0 Å². The molecule has 6 aromatic rings. The Morgan fingerprint density at radius 3 is 0.658 bits per heavy atom. The summed E-state index contributed by atoms with van der Waals surface area (Å²) in [5.74, 6) is 0. The molecule has 6 rings (SSSR count). The average Bonchev–Trinajstić information content (AvgIpc) is 2.97. The van der Waals surface area contributed by atoms with Crippen LogP contribution in [0.5, 0.6) is 0 Å². The Kier molecular flexibility index (Phi) is 4.33. The first-order chi connectivity index (χ1) is 18.5. The highest BCUT2D eigenvalue weighted by Gasteiger charge is 2.23. The second kappa shape index (κ2) is 7.69. The van der Waals surface area contributed by atoms with E-state index in [1.165, 1.54) is 0 Å². The van der Waals surface area contributed by atoms with Gasteiger partial charge in [0.2, 0.25) is 0 Å². The molecule has 0 aliphatic rings. The van der Waals surface area contributed by atoms with Crippen LogP contribution in [0.1, 0.15) is 34.2 Å². The zero-order chi connectivity index (χ0) is 26.6. The Labute approximate surface area is 208 Å². The fourth-order valence-electron chi connectivity index (χ4n) is 3.66. The number of fused-ring (bicyclic) bond motifs is 8. The van der Waals surface area contributed by atoms with Gasteiger partial charge in [0.05, 0.1) is 0 Å². The molecule has 0 aliphatic heterocycles. The van der Waals surface area contributed by atoms with E-state index in [0.717, 1.165) is 0 Å². The van der Waals surface area contributed by atoms with Crippen LogP contribution in [0.25, 0.3) is 55.7 Å². The number of rotatable bonds is 0. The van der Waals surface area contributed by atoms with E-state index in [4.69, 9.17) is 0 Å². The van der Waals surface area contributed by atoms with Crippen molar-refractivity contribution in [2.45, 2.75) is 0 Å². The second-order valence-corrected chi connectivity index (χ2v) is 7.27. The van der Waals surface area contributed by atoms with E-state index in [2.05, 4.69) is 49.8 Å². The largest absolute Gasteiger partial charge is 0.230 e. The van der Waals surface area contributed by atoms with Gasteiger partial charge in [-0.3, -0.25) is 0 Å². The topological polar surface area (TPSA) is 272 Å². The molecule has 5 heterocycles. The molecule has 0 bridgehead atoms. The molecule has 0 saturated heterocycles. The van der Waals surface area contributed by atoms with E-state index >= 15 is 0 Å². The molecule has 0 unspecified atom stereocenters. The van der Waals surface area contributed by atoms with Gasteiger partial charge in [-0.15, -0.1) is 0 Å². The number of benzene rings is 1. The summed E-state index contributed by atoms with van der Waals surface area (Å²) in [7, 11) is 0. The van der Waals surface area contributed by atoms with E-state index in [1.54, 1.807) is 36.4 Å². The highest BCUT2D eigenvalue weighted by Crippen LogP contribution is 2.31. The Morgan fingerprint density at radius 2 is 0.447 bits per heavy atom. The minimum absolute atomic E-state index is 0.0119. The molecule has 38 heavy (non-hydrogen) atoms. The summed E-state index contributed by atoms with van der Waals surface area (Å²) in [5, 5.41) is 56.3. The molecule has 1 aromatic carbocycles. The van der Waals surface area contributed by atoms with Crippen molar-refractivity contribution >= 4 is 55.7 Å². The molecular formula is C22N16. The summed E-state index contributed by atoms with van der Waals surface area (Å²) in [6.45, 7) is 0. The van der Waals surface area contributed by atoms with Crippen LogP contribution in [0.4, 0.5) is 0 Å². The first kappa shape index (κ1) is 21.4. The second-order valence-electron chi connectivity index (χ2n) is 7.27. The molecular weight excluding hydrogens is 488 g/mol. The van der Waals surface area contributed by atoms with Gasteiger partial charge in [-0.1, -0.05) is 0 Å². The highest BCUT2D eigenvalue weighted by molar-refractivity contribution is 6.19. The SMILES string of the molecule is N#Cc1nc2nc3c4nc(C#N)c(C#N)nc4c4nc5nc(C#N)c(C#N)nc5nc4c3nc2nc1C#N. The number of nitrogens with zero attached hydrogens (tertiary/aromatic N) is 16. The van der Waals surface area contributed by atoms with Gasteiger partial charge in [-0.25, -0.2) is 49.8 Å². The van der Waals surface area contributed by atoms with Gasteiger partial charge in [0.1, 0.15) is 69.5 Å². The maximum absolute atomic E-state index is 9.51. The third kappa shape index (κ3) is 2.84. The van der Waals surface area contributed by atoms with E-state index in [9.17, 15) is 31.6 Å². The zero-order valence-electron chi connectivity index (χ0n) is 18.2. The summed E-state index contributed by atoms with van der Waals surface area (Å²) < 4.78 is 0. The number of hydrogen-bond acceptors (Lipinski definition) is 16. The smallest absolute Gasteiger partial charge is 0.199 e. The summed E-state index contributed by atoms with van der Waals surface area (Å²) >= 11 is 0. The molecule has 0 N–H and O–H groups in total. The number of hydrogen-bond donors (Lipinski definition) is 0. The fraction of sp³-hybridized carbons (Fsp3) is 0. The van der Waals surface area contributed by atoms with Crippen LogP contribution in [-0.2, 0) is 0 Å². The molecule has 168 valence electrons. The lowest BCUT2D eigenvalue weighted by Gasteiger charge is -2.09. The van der Waals surface area contributed by atoms with E-state index in [-0.39, 0.29) is 89.9 Å². The van der Waals surface area contributed by atoms with Gasteiger partial charge in [0.15, 0.2) is 56.8 Å². The van der Waals surface area contributed by atoms with Crippen molar-refractivity contribution in [1.82, 2.24) is 49.8 Å². The minimum Gasteiger partial charge on any atom is -0.230 e.